The molecule has 14 heavy (non-hydrogen) atoms. The van der Waals surface area contributed by atoms with Gasteiger partial charge in [-0.2, -0.15) is 0 Å². The molecule has 0 spiro atoms. The number of allylic oxidation sites excluding steroid dienone is 2. The van der Waals surface area contributed by atoms with Crippen LogP contribution in [-0.2, 0) is 4.79 Å². The van der Waals surface area contributed by atoms with Gasteiger partial charge < -0.3 is 0 Å². The predicted molar refractivity (Wildman–Crippen MR) is 60.0 cm³/mol. The van der Waals surface area contributed by atoms with Gasteiger partial charge in [0.25, 0.3) is 0 Å². The SMILES string of the molecule is CC(=O)C1C(C)C=C(C)CC1C(C)C. The fraction of sp³-hybridized carbons (Fsp3) is 0.769. The molecule has 3 atom stereocenters. The minimum absolute atomic E-state index is 0.249. The molecule has 0 N–H and O–H groups in total. The van der Waals surface area contributed by atoms with Gasteiger partial charge in [0.05, 0.1) is 0 Å². The van der Waals surface area contributed by atoms with Crippen LogP contribution in [0.15, 0.2) is 11.6 Å². The Bertz CT molecular complexity index is 250. The first-order valence-corrected chi connectivity index (χ1v) is 5.61. The minimum Gasteiger partial charge on any atom is -0.300 e. The number of hydrogen-bond acceptors (Lipinski definition) is 1. The van der Waals surface area contributed by atoms with Crippen molar-refractivity contribution in [1.29, 1.82) is 0 Å². The lowest BCUT2D eigenvalue weighted by molar-refractivity contribution is -0.124. The van der Waals surface area contributed by atoms with Crippen LogP contribution < -0.4 is 0 Å². The van der Waals surface area contributed by atoms with Crippen LogP contribution in [0.1, 0.15) is 41.0 Å². The van der Waals surface area contributed by atoms with E-state index in [2.05, 4.69) is 33.8 Å². The van der Waals surface area contributed by atoms with Gasteiger partial charge in [-0.05, 0) is 38.0 Å². The first-order valence-electron chi connectivity index (χ1n) is 5.61. The largest absolute Gasteiger partial charge is 0.300 e. The van der Waals surface area contributed by atoms with Crippen LogP contribution in [0, 0.1) is 23.7 Å². The van der Waals surface area contributed by atoms with E-state index < -0.39 is 0 Å². The summed E-state index contributed by atoms with van der Waals surface area (Å²) in [4.78, 5) is 11.6. The molecule has 0 heterocycles. The summed E-state index contributed by atoms with van der Waals surface area (Å²) in [5, 5.41) is 0. The molecule has 0 fully saturated rings. The summed E-state index contributed by atoms with van der Waals surface area (Å²) in [5.74, 6) is 2.19. The highest BCUT2D eigenvalue weighted by atomic mass is 16.1. The lowest BCUT2D eigenvalue weighted by atomic mass is 9.68. The third-order valence-electron chi connectivity index (χ3n) is 3.46. The Labute approximate surface area is 87.6 Å². The van der Waals surface area contributed by atoms with Crippen molar-refractivity contribution in [2.45, 2.75) is 41.0 Å². The number of Topliss-reactive ketones (excluding diaryl/α,β-unsaturated/α-hetero) is 1. The molecule has 0 aliphatic heterocycles. The smallest absolute Gasteiger partial charge is 0.133 e. The van der Waals surface area contributed by atoms with Crippen molar-refractivity contribution < 1.29 is 4.79 Å². The molecule has 80 valence electrons. The van der Waals surface area contributed by atoms with Crippen molar-refractivity contribution in [3.05, 3.63) is 11.6 Å². The predicted octanol–water partition coefficient (Wildman–Crippen LogP) is 3.45. The second kappa shape index (κ2) is 4.29. The van der Waals surface area contributed by atoms with Gasteiger partial charge in [-0.3, -0.25) is 4.79 Å². The molecule has 1 heteroatoms. The summed E-state index contributed by atoms with van der Waals surface area (Å²) >= 11 is 0. The van der Waals surface area contributed by atoms with Crippen molar-refractivity contribution in [3.63, 3.8) is 0 Å². The summed E-state index contributed by atoms with van der Waals surface area (Å²) in [6.07, 6.45) is 3.37. The zero-order valence-electron chi connectivity index (χ0n) is 10.0. The van der Waals surface area contributed by atoms with Gasteiger partial charge >= 0.3 is 0 Å². The fourth-order valence-corrected chi connectivity index (χ4v) is 2.83. The highest BCUT2D eigenvalue weighted by molar-refractivity contribution is 5.79. The Kier molecular flexibility index (Phi) is 3.52. The van der Waals surface area contributed by atoms with Crippen LogP contribution in [0.25, 0.3) is 0 Å². The molecule has 0 aromatic heterocycles. The number of ketones is 1. The van der Waals surface area contributed by atoms with E-state index in [4.69, 9.17) is 0 Å². The molecule has 1 rings (SSSR count). The number of hydrogen-bond donors (Lipinski definition) is 0. The second-order valence-electron chi connectivity index (χ2n) is 5.12. The van der Waals surface area contributed by atoms with E-state index in [1.807, 2.05) is 0 Å². The van der Waals surface area contributed by atoms with E-state index in [9.17, 15) is 4.79 Å². The normalized spacial score (nSPS) is 33.0. The Morgan fingerprint density at radius 1 is 1.50 bits per heavy atom. The Balaban J connectivity index is 2.93. The second-order valence-corrected chi connectivity index (χ2v) is 5.12. The van der Waals surface area contributed by atoms with Crippen molar-refractivity contribution in [1.82, 2.24) is 0 Å². The molecule has 1 aliphatic rings. The van der Waals surface area contributed by atoms with E-state index in [1.165, 1.54) is 5.57 Å². The van der Waals surface area contributed by atoms with Crippen LogP contribution in [0.5, 0.6) is 0 Å². The van der Waals surface area contributed by atoms with E-state index in [1.54, 1.807) is 6.92 Å². The van der Waals surface area contributed by atoms with Gasteiger partial charge in [-0.25, -0.2) is 0 Å². The van der Waals surface area contributed by atoms with Crippen LogP contribution >= 0.6 is 0 Å². The third kappa shape index (κ3) is 2.26. The summed E-state index contributed by atoms with van der Waals surface area (Å²) in [6, 6.07) is 0. The van der Waals surface area contributed by atoms with Crippen LogP contribution in [0.4, 0.5) is 0 Å². The molecule has 0 saturated carbocycles. The highest BCUT2D eigenvalue weighted by Gasteiger charge is 2.34. The maximum Gasteiger partial charge on any atom is 0.133 e. The molecular weight excluding hydrogens is 172 g/mol. The monoisotopic (exact) mass is 194 g/mol. The zero-order chi connectivity index (χ0) is 10.9. The van der Waals surface area contributed by atoms with Gasteiger partial charge in [0.2, 0.25) is 0 Å². The van der Waals surface area contributed by atoms with Gasteiger partial charge in [-0.1, -0.05) is 32.4 Å². The van der Waals surface area contributed by atoms with Gasteiger partial charge in [-0.15, -0.1) is 0 Å². The summed E-state index contributed by atoms with van der Waals surface area (Å²) in [7, 11) is 0. The molecule has 0 saturated heterocycles. The van der Waals surface area contributed by atoms with Crippen molar-refractivity contribution in [3.8, 4) is 0 Å². The topological polar surface area (TPSA) is 17.1 Å². The molecule has 0 aromatic rings. The Hall–Kier alpha value is -0.590. The van der Waals surface area contributed by atoms with Gasteiger partial charge in [0.15, 0.2) is 0 Å². The first kappa shape index (κ1) is 11.5. The molecule has 0 radical (unpaired) electrons. The molecule has 1 nitrogen and oxygen atoms in total. The average Bonchev–Trinajstić information content (AvgIpc) is 2.01. The quantitative estimate of drug-likeness (QED) is 0.615. The summed E-state index contributed by atoms with van der Waals surface area (Å²) in [5.41, 5.74) is 1.45. The molecule has 0 bridgehead atoms. The van der Waals surface area contributed by atoms with Gasteiger partial charge in [0.1, 0.15) is 5.78 Å². The fourth-order valence-electron chi connectivity index (χ4n) is 2.83. The van der Waals surface area contributed by atoms with Crippen molar-refractivity contribution in [2.24, 2.45) is 23.7 Å². The molecular formula is C13H22O. The van der Waals surface area contributed by atoms with E-state index in [0.717, 1.165) is 6.42 Å². The molecule has 1 aliphatic carbocycles. The Morgan fingerprint density at radius 3 is 2.50 bits per heavy atom. The maximum absolute atomic E-state index is 11.6. The minimum atomic E-state index is 0.249. The van der Waals surface area contributed by atoms with Gasteiger partial charge in [0, 0.05) is 5.92 Å². The van der Waals surface area contributed by atoms with E-state index >= 15 is 0 Å². The average molecular weight is 194 g/mol. The zero-order valence-corrected chi connectivity index (χ0v) is 10.0. The summed E-state index contributed by atoms with van der Waals surface area (Å²) < 4.78 is 0. The van der Waals surface area contributed by atoms with E-state index in [-0.39, 0.29) is 5.92 Å². The van der Waals surface area contributed by atoms with Crippen LogP contribution in [0.2, 0.25) is 0 Å². The number of carbonyl (C=O) groups is 1. The highest BCUT2D eigenvalue weighted by Crippen LogP contribution is 2.38. The molecule has 0 amide bonds. The molecule has 3 unspecified atom stereocenters. The lowest BCUT2D eigenvalue weighted by Crippen LogP contribution is -2.33. The first-order chi connectivity index (χ1) is 6.43. The number of carbonyl (C=O) groups excluding carboxylic acids is 1. The molecule has 0 aromatic carbocycles. The lowest BCUT2D eigenvalue weighted by Gasteiger charge is -2.36. The Morgan fingerprint density at radius 2 is 2.07 bits per heavy atom. The third-order valence-corrected chi connectivity index (χ3v) is 3.46. The standard InChI is InChI=1S/C13H22O/c1-8(2)12-7-9(3)6-10(4)13(12)11(5)14/h6,8,10,12-13H,7H2,1-5H3. The van der Waals surface area contributed by atoms with Crippen molar-refractivity contribution >= 4 is 5.78 Å². The van der Waals surface area contributed by atoms with E-state index in [0.29, 0.717) is 23.5 Å². The van der Waals surface area contributed by atoms with Crippen LogP contribution in [0.3, 0.4) is 0 Å². The summed E-state index contributed by atoms with van der Waals surface area (Å²) in [6.45, 7) is 10.6. The van der Waals surface area contributed by atoms with Crippen molar-refractivity contribution in [2.75, 3.05) is 0 Å². The number of rotatable bonds is 2. The van der Waals surface area contributed by atoms with Crippen LogP contribution in [-0.4, -0.2) is 5.78 Å². The maximum atomic E-state index is 11.6.